The molecule has 3 heterocycles. The largest absolute Gasteiger partial charge is 0.416 e. The summed E-state index contributed by atoms with van der Waals surface area (Å²) in [5.41, 5.74) is 2.74. The minimum Gasteiger partial charge on any atom is -0.309 e. The fourth-order valence-corrected chi connectivity index (χ4v) is 6.66. The Morgan fingerprint density at radius 3 is 1.56 bits per heavy atom. The number of halogens is 6. The first-order valence-corrected chi connectivity index (χ1v) is 14.8. The van der Waals surface area contributed by atoms with E-state index >= 15 is 0 Å². The van der Waals surface area contributed by atoms with Crippen LogP contribution in [0.15, 0.2) is 121 Å². The lowest BCUT2D eigenvalue weighted by Gasteiger charge is -2.18. The van der Waals surface area contributed by atoms with Gasteiger partial charge in [0.15, 0.2) is 0 Å². The average Bonchev–Trinajstić information content (AvgIpc) is 3.59. The molecule has 3 aromatic heterocycles. The SMILES string of the molecule is N#Cc1cccc(-n2c3ccccc3c3cc(C(F)(F)F)ccc32)c1-c1ncccc1-n1c2ccccc2c2cc(C(F)(F)F)ccc21. The standard InChI is InChI=1S/C38H20F6N4/c39-37(40,41)23-14-16-31-27(19-23)25-8-1-3-10-29(25)47(31)33-12-5-7-22(21-45)35(33)36-34(13-6-18-46-36)48-30-11-4-2-9-26(30)28-20-24(38(42,43)44)15-17-32(28)48/h1-20H. The number of nitrogens with zero attached hydrogens (tertiary/aromatic N) is 4. The van der Waals surface area contributed by atoms with Crippen LogP contribution in [0.1, 0.15) is 16.7 Å². The maximum atomic E-state index is 13.8. The van der Waals surface area contributed by atoms with E-state index in [0.717, 1.165) is 24.3 Å². The molecule has 0 saturated carbocycles. The van der Waals surface area contributed by atoms with Crippen LogP contribution in [0.2, 0.25) is 0 Å². The number of para-hydroxylation sites is 2. The summed E-state index contributed by atoms with van der Waals surface area (Å²) in [6.45, 7) is 0. The maximum Gasteiger partial charge on any atom is 0.416 e. The number of rotatable bonds is 3. The van der Waals surface area contributed by atoms with E-state index < -0.39 is 23.5 Å². The lowest BCUT2D eigenvalue weighted by atomic mass is 10.00. The summed E-state index contributed by atoms with van der Waals surface area (Å²) >= 11 is 0. The molecule has 48 heavy (non-hydrogen) atoms. The molecular weight excluding hydrogens is 626 g/mol. The predicted octanol–water partition coefficient (Wildman–Crippen LogP) is 10.9. The van der Waals surface area contributed by atoms with Crippen LogP contribution < -0.4 is 0 Å². The molecule has 0 fully saturated rings. The van der Waals surface area contributed by atoms with Gasteiger partial charge >= 0.3 is 12.4 Å². The first-order valence-electron chi connectivity index (χ1n) is 14.8. The first kappa shape index (κ1) is 29.3. The summed E-state index contributed by atoms with van der Waals surface area (Å²) in [4.78, 5) is 4.75. The third-order valence-corrected chi connectivity index (χ3v) is 8.67. The zero-order valence-corrected chi connectivity index (χ0v) is 24.6. The van der Waals surface area contributed by atoms with Crippen LogP contribution in [0.25, 0.3) is 66.2 Å². The second kappa shape index (κ2) is 10.5. The van der Waals surface area contributed by atoms with Gasteiger partial charge in [0, 0.05) is 33.3 Å². The van der Waals surface area contributed by atoms with Crippen LogP contribution in [0.3, 0.4) is 0 Å². The van der Waals surface area contributed by atoms with E-state index in [0.29, 0.717) is 66.2 Å². The zero-order valence-electron chi connectivity index (χ0n) is 24.6. The fraction of sp³-hybridized carbons (Fsp3) is 0.0526. The predicted molar refractivity (Wildman–Crippen MR) is 173 cm³/mol. The smallest absolute Gasteiger partial charge is 0.309 e. The Morgan fingerprint density at radius 1 is 0.521 bits per heavy atom. The van der Waals surface area contributed by atoms with Crippen molar-refractivity contribution in [2.45, 2.75) is 12.4 Å². The van der Waals surface area contributed by atoms with Gasteiger partial charge in [0.1, 0.15) is 0 Å². The number of benzene rings is 5. The molecule has 5 aromatic carbocycles. The van der Waals surface area contributed by atoms with Crippen molar-refractivity contribution in [3.8, 4) is 28.7 Å². The Labute approximate surface area is 268 Å². The van der Waals surface area contributed by atoms with Crippen LogP contribution in [0, 0.1) is 11.3 Å². The van der Waals surface area contributed by atoms with E-state index in [2.05, 4.69) is 6.07 Å². The van der Waals surface area contributed by atoms with Crippen LogP contribution in [0.4, 0.5) is 26.3 Å². The molecule has 10 heteroatoms. The number of aromatic nitrogens is 3. The molecule has 0 aliphatic rings. The van der Waals surface area contributed by atoms with Crippen molar-refractivity contribution in [1.29, 1.82) is 5.26 Å². The Bertz CT molecular complexity index is 2620. The summed E-state index contributed by atoms with van der Waals surface area (Å²) < 4.78 is 86.4. The zero-order chi connectivity index (χ0) is 33.4. The third kappa shape index (κ3) is 4.42. The van der Waals surface area contributed by atoms with E-state index in [-0.39, 0.29) is 5.56 Å². The molecule has 4 nitrogen and oxygen atoms in total. The maximum absolute atomic E-state index is 13.8. The molecule has 0 radical (unpaired) electrons. The summed E-state index contributed by atoms with van der Waals surface area (Å²) in [7, 11) is 0. The molecule has 0 aliphatic heterocycles. The summed E-state index contributed by atoms with van der Waals surface area (Å²) in [5.74, 6) is 0. The highest BCUT2D eigenvalue weighted by Gasteiger charge is 2.33. The van der Waals surface area contributed by atoms with Gasteiger partial charge in [0.25, 0.3) is 0 Å². The number of pyridine rings is 1. The summed E-state index contributed by atoms with van der Waals surface area (Å²) in [6.07, 6.45) is -7.52. The minimum absolute atomic E-state index is 0.255. The molecule has 234 valence electrons. The molecular formula is C38H20F6N4. The highest BCUT2D eigenvalue weighted by molar-refractivity contribution is 6.11. The van der Waals surface area contributed by atoms with Crippen molar-refractivity contribution >= 4 is 43.6 Å². The van der Waals surface area contributed by atoms with Gasteiger partial charge < -0.3 is 9.13 Å². The van der Waals surface area contributed by atoms with Crippen LogP contribution >= 0.6 is 0 Å². The van der Waals surface area contributed by atoms with Gasteiger partial charge in [-0.25, -0.2) is 0 Å². The number of hydrogen-bond acceptors (Lipinski definition) is 2. The van der Waals surface area contributed by atoms with Crippen molar-refractivity contribution in [3.63, 3.8) is 0 Å². The highest BCUT2D eigenvalue weighted by atomic mass is 19.4. The van der Waals surface area contributed by atoms with E-state index in [1.165, 1.54) is 12.1 Å². The topological polar surface area (TPSA) is 46.5 Å². The average molecular weight is 647 g/mol. The van der Waals surface area contributed by atoms with Gasteiger partial charge in [-0.1, -0.05) is 42.5 Å². The molecule has 8 aromatic rings. The Hall–Kier alpha value is -6.08. The van der Waals surface area contributed by atoms with E-state index in [9.17, 15) is 31.6 Å². The van der Waals surface area contributed by atoms with Crippen LogP contribution in [-0.2, 0) is 12.4 Å². The molecule has 8 rings (SSSR count). The van der Waals surface area contributed by atoms with E-state index in [1.54, 1.807) is 79.0 Å². The van der Waals surface area contributed by atoms with Crippen molar-refractivity contribution in [3.05, 3.63) is 138 Å². The van der Waals surface area contributed by atoms with E-state index in [1.807, 2.05) is 15.2 Å². The molecule has 0 N–H and O–H groups in total. The Kier molecular flexibility index (Phi) is 6.40. The Balaban J connectivity index is 1.46. The second-order valence-electron chi connectivity index (χ2n) is 11.3. The molecule has 0 saturated heterocycles. The highest BCUT2D eigenvalue weighted by Crippen LogP contribution is 2.43. The van der Waals surface area contributed by atoms with Gasteiger partial charge in [0.2, 0.25) is 0 Å². The van der Waals surface area contributed by atoms with Crippen LogP contribution in [-0.4, -0.2) is 14.1 Å². The van der Waals surface area contributed by atoms with E-state index in [4.69, 9.17) is 4.98 Å². The number of hydrogen-bond donors (Lipinski definition) is 0. The van der Waals surface area contributed by atoms with Gasteiger partial charge in [-0.2, -0.15) is 31.6 Å². The molecule has 0 spiro atoms. The normalized spacial score (nSPS) is 12.4. The first-order chi connectivity index (χ1) is 23.1. The van der Waals surface area contributed by atoms with Crippen molar-refractivity contribution in [2.24, 2.45) is 0 Å². The molecule has 0 bridgehead atoms. The second-order valence-corrected chi connectivity index (χ2v) is 11.3. The summed E-state index contributed by atoms with van der Waals surface area (Å²) in [5, 5.41) is 12.4. The van der Waals surface area contributed by atoms with Gasteiger partial charge in [-0.3, -0.25) is 4.98 Å². The van der Waals surface area contributed by atoms with Crippen molar-refractivity contribution in [1.82, 2.24) is 14.1 Å². The fourth-order valence-electron chi connectivity index (χ4n) is 6.66. The molecule has 0 atom stereocenters. The lowest BCUT2D eigenvalue weighted by Crippen LogP contribution is -2.06. The molecule has 0 amide bonds. The van der Waals surface area contributed by atoms with Gasteiger partial charge in [-0.15, -0.1) is 0 Å². The lowest BCUT2D eigenvalue weighted by molar-refractivity contribution is -0.138. The van der Waals surface area contributed by atoms with Gasteiger partial charge in [-0.05, 0) is 72.8 Å². The summed E-state index contributed by atoms with van der Waals surface area (Å²) in [6, 6.07) is 32.2. The number of fused-ring (bicyclic) bond motifs is 6. The third-order valence-electron chi connectivity index (χ3n) is 8.67. The Morgan fingerprint density at radius 2 is 1.02 bits per heavy atom. The monoisotopic (exact) mass is 646 g/mol. The minimum atomic E-state index is -4.55. The number of nitriles is 1. The van der Waals surface area contributed by atoms with Crippen molar-refractivity contribution < 1.29 is 26.3 Å². The molecule has 0 unspecified atom stereocenters. The van der Waals surface area contributed by atoms with Crippen molar-refractivity contribution in [2.75, 3.05) is 0 Å². The molecule has 0 aliphatic carbocycles. The quantitative estimate of drug-likeness (QED) is 0.179. The van der Waals surface area contributed by atoms with Crippen LogP contribution in [0.5, 0.6) is 0 Å². The number of alkyl halides is 6. The van der Waals surface area contributed by atoms with Gasteiger partial charge in [0.05, 0.1) is 61.9 Å².